The number of imide groups is 1. The number of nitrogens with one attached hydrogen (secondary N) is 1. The average Bonchev–Trinajstić information content (AvgIpc) is 3.35. The minimum atomic E-state index is -0.433. The first-order valence-electron chi connectivity index (χ1n) is 9.73. The van der Waals surface area contributed by atoms with E-state index in [1.165, 1.54) is 12.4 Å². The van der Waals surface area contributed by atoms with E-state index in [4.69, 9.17) is 0 Å². The van der Waals surface area contributed by atoms with E-state index in [1.54, 1.807) is 35.3 Å². The highest BCUT2D eigenvalue weighted by atomic mass is 16.2. The first-order chi connectivity index (χ1) is 14.5. The molecule has 4 rings (SSSR count). The predicted molar refractivity (Wildman–Crippen MR) is 110 cm³/mol. The van der Waals surface area contributed by atoms with E-state index in [9.17, 15) is 14.4 Å². The van der Waals surface area contributed by atoms with E-state index >= 15 is 0 Å². The highest BCUT2D eigenvalue weighted by molar-refractivity contribution is 6.34. The number of nitrogens with zero attached hydrogens (tertiary/aromatic N) is 4. The number of benzene rings is 2. The van der Waals surface area contributed by atoms with Crippen LogP contribution >= 0.6 is 0 Å². The van der Waals surface area contributed by atoms with Crippen molar-refractivity contribution in [1.82, 2.24) is 20.1 Å². The smallest absolute Gasteiger partial charge is 0.266 e. The van der Waals surface area contributed by atoms with E-state index in [1.807, 2.05) is 26.0 Å². The number of fused-ring (bicyclic) bond motifs is 1. The Kier molecular flexibility index (Phi) is 5.14. The first kappa shape index (κ1) is 19.5. The second-order valence-corrected chi connectivity index (χ2v) is 7.25. The standard InChI is InChI=1S/C22H21N5O3/c1-3-14(2)25-20(28)16-6-9-18-19(10-16)22(30)27(21(18)29)17-7-4-15(5-8-17)11-26-13-23-12-24-26/h4-10,12-14H,3,11H2,1-2H3,(H,25,28)/t14-/m1/s1. The number of carbonyl (C=O) groups is 3. The molecular weight excluding hydrogens is 382 g/mol. The summed E-state index contributed by atoms with van der Waals surface area (Å²) in [6.07, 6.45) is 3.88. The number of hydrogen-bond acceptors (Lipinski definition) is 5. The first-order valence-corrected chi connectivity index (χ1v) is 9.73. The van der Waals surface area contributed by atoms with Gasteiger partial charge in [0, 0.05) is 11.6 Å². The van der Waals surface area contributed by atoms with Gasteiger partial charge in [0.15, 0.2) is 0 Å². The summed E-state index contributed by atoms with van der Waals surface area (Å²) in [4.78, 5) is 43.2. The molecule has 0 unspecified atom stereocenters. The van der Waals surface area contributed by atoms with Gasteiger partial charge in [0.25, 0.3) is 17.7 Å². The Balaban J connectivity index is 1.56. The molecule has 3 aromatic rings. The van der Waals surface area contributed by atoms with E-state index < -0.39 is 11.8 Å². The molecule has 30 heavy (non-hydrogen) atoms. The zero-order chi connectivity index (χ0) is 21.3. The lowest BCUT2D eigenvalue weighted by Gasteiger charge is -2.14. The molecule has 0 aliphatic carbocycles. The van der Waals surface area contributed by atoms with Crippen LogP contribution in [0.25, 0.3) is 0 Å². The molecule has 0 fully saturated rings. The molecule has 8 heteroatoms. The maximum absolute atomic E-state index is 13.0. The minimum absolute atomic E-state index is 0.0237. The van der Waals surface area contributed by atoms with Crippen molar-refractivity contribution < 1.29 is 14.4 Å². The zero-order valence-corrected chi connectivity index (χ0v) is 16.7. The summed E-state index contributed by atoms with van der Waals surface area (Å²) >= 11 is 0. The summed E-state index contributed by atoms with van der Waals surface area (Å²) in [6, 6.07) is 11.8. The largest absolute Gasteiger partial charge is 0.350 e. The fourth-order valence-corrected chi connectivity index (χ4v) is 3.28. The molecule has 152 valence electrons. The lowest BCUT2D eigenvalue weighted by molar-refractivity contribution is 0.0921. The van der Waals surface area contributed by atoms with Crippen molar-refractivity contribution in [2.75, 3.05) is 4.90 Å². The van der Waals surface area contributed by atoms with Crippen LogP contribution in [0.15, 0.2) is 55.1 Å². The second kappa shape index (κ2) is 7.90. The van der Waals surface area contributed by atoms with Gasteiger partial charge in [-0.05, 0) is 49.2 Å². The highest BCUT2D eigenvalue weighted by Crippen LogP contribution is 2.29. The van der Waals surface area contributed by atoms with E-state index in [0.29, 0.717) is 23.4 Å². The van der Waals surface area contributed by atoms with Crippen LogP contribution < -0.4 is 10.2 Å². The van der Waals surface area contributed by atoms with Crippen molar-refractivity contribution in [3.63, 3.8) is 0 Å². The van der Waals surface area contributed by atoms with Gasteiger partial charge in [0.2, 0.25) is 0 Å². The fourth-order valence-electron chi connectivity index (χ4n) is 3.28. The molecule has 3 amide bonds. The van der Waals surface area contributed by atoms with Gasteiger partial charge in [-0.3, -0.25) is 14.4 Å². The molecule has 8 nitrogen and oxygen atoms in total. The quantitative estimate of drug-likeness (QED) is 0.638. The van der Waals surface area contributed by atoms with Gasteiger partial charge < -0.3 is 5.32 Å². The molecule has 1 atom stereocenters. The fraction of sp³-hybridized carbons (Fsp3) is 0.227. The SMILES string of the molecule is CC[C@@H](C)NC(=O)c1ccc2c(c1)C(=O)N(c1ccc(Cn3cncn3)cc1)C2=O. The summed E-state index contributed by atoms with van der Waals surface area (Å²) in [7, 11) is 0. The molecule has 0 spiro atoms. The van der Waals surface area contributed by atoms with Crippen molar-refractivity contribution in [3.8, 4) is 0 Å². The van der Waals surface area contributed by atoms with Gasteiger partial charge in [0.05, 0.1) is 23.4 Å². The Morgan fingerprint density at radius 3 is 2.47 bits per heavy atom. The maximum Gasteiger partial charge on any atom is 0.266 e. The van der Waals surface area contributed by atoms with E-state index in [-0.39, 0.29) is 17.5 Å². The number of anilines is 1. The zero-order valence-electron chi connectivity index (χ0n) is 16.7. The molecule has 2 heterocycles. The number of aromatic nitrogens is 3. The summed E-state index contributed by atoms with van der Waals surface area (Å²) < 4.78 is 1.68. The van der Waals surface area contributed by atoms with Gasteiger partial charge in [0.1, 0.15) is 12.7 Å². The van der Waals surface area contributed by atoms with Crippen molar-refractivity contribution >= 4 is 23.4 Å². The Bertz CT molecular complexity index is 1110. The van der Waals surface area contributed by atoms with Crippen LogP contribution in [0.5, 0.6) is 0 Å². The normalized spacial score (nSPS) is 14.0. The van der Waals surface area contributed by atoms with Gasteiger partial charge >= 0.3 is 0 Å². The highest BCUT2D eigenvalue weighted by Gasteiger charge is 2.37. The summed E-state index contributed by atoms with van der Waals surface area (Å²) in [5.41, 5.74) is 2.34. The van der Waals surface area contributed by atoms with E-state index in [2.05, 4.69) is 15.4 Å². The molecule has 1 aromatic heterocycles. The van der Waals surface area contributed by atoms with Crippen molar-refractivity contribution in [1.29, 1.82) is 0 Å². The monoisotopic (exact) mass is 403 g/mol. The number of amides is 3. The number of carbonyl (C=O) groups excluding carboxylic acids is 3. The van der Waals surface area contributed by atoms with Crippen molar-refractivity contribution in [3.05, 3.63) is 77.4 Å². The summed E-state index contributed by atoms with van der Waals surface area (Å²) in [5, 5.41) is 6.93. The summed E-state index contributed by atoms with van der Waals surface area (Å²) in [6.45, 7) is 4.43. The molecule has 1 aliphatic heterocycles. The number of hydrogen-bond donors (Lipinski definition) is 1. The average molecular weight is 403 g/mol. The molecular formula is C22H21N5O3. The third-order valence-electron chi connectivity index (χ3n) is 5.14. The van der Waals surface area contributed by atoms with Crippen LogP contribution in [0.4, 0.5) is 5.69 Å². The third kappa shape index (κ3) is 3.59. The van der Waals surface area contributed by atoms with Gasteiger partial charge in [-0.1, -0.05) is 19.1 Å². The lowest BCUT2D eigenvalue weighted by Crippen LogP contribution is -2.32. The molecule has 1 aliphatic rings. The van der Waals surface area contributed by atoms with Crippen LogP contribution in [0.1, 0.15) is 56.9 Å². The Labute approximate surface area is 173 Å². The molecule has 2 aromatic carbocycles. The lowest BCUT2D eigenvalue weighted by atomic mass is 10.0. The topological polar surface area (TPSA) is 97.2 Å². The van der Waals surface area contributed by atoms with Crippen LogP contribution in [-0.2, 0) is 6.54 Å². The van der Waals surface area contributed by atoms with Crippen molar-refractivity contribution in [2.24, 2.45) is 0 Å². The molecule has 1 N–H and O–H groups in total. The van der Waals surface area contributed by atoms with Gasteiger partial charge in [-0.2, -0.15) is 5.10 Å². The Hall–Kier alpha value is -3.81. The molecule has 0 saturated heterocycles. The van der Waals surface area contributed by atoms with Gasteiger partial charge in [-0.15, -0.1) is 0 Å². The van der Waals surface area contributed by atoms with Crippen LogP contribution in [-0.4, -0.2) is 38.5 Å². The predicted octanol–water partition coefficient (Wildman–Crippen LogP) is 2.66. The van der Waals surface area contributed by atoms with E-state index in [0.717, 1.165) is 16.9 Å². The van der Waals surface area contributed by atoms with Gasteiger partial charge in [-0.25, -0.2) is 14.6 Å². The van der Waals surface area contributed by atoms with Crippen molar-refractivity contribution in [2.45, 2.75) is 32.9 Å². The molecule has 0 saturated carbocycles. The minimum Gasteiger partial charge on any atom is -0.350 e. The Morgan fingerprint density at radius 1 is 1.07 bits per heavy atom. The molecule has 0 bridgehead atoms. The van der Waals surface area contributed by atoms with Crippen LogP contribution in [0.3, 0.4) is 0 Å². The summed E-state index contributed by atoms with van der Waals surface area (Å²) in [5.74, 6) is -1.09. The second-order valence-electron chi connectivity index (χ2n) is 7.25. The maximum atomic E-state index is 13.0. The van der Waals surface area contributed by atoms with Crippen LogP contribution in [0, 0.1) is 0 Å². The third-order valence-corrected chi connectivity index (χ3v) is 5.14. The Morgan fingerprint density at radius 2 is 1.80 bits per heavy atom. The molecule has 0 radical (unpaired) electrons. The van der Waals surface area contributed by atoms with Crippen LogP contribution in [0.2, 0.25) is 0 Å². The number of rotatable bonds is 6.